The van der Waals surface area contributed by atoms with Crippen LogP contribution in [0.5, 0.6) is 0 Å². The molecule has 0 N–H and O–H groups in total. The second-order valence-corrected chi connectivity index (χ2v) is 4.29. The van der Waals surface area contributed by atoms with Crippen molar-refractivity contribution in [2.75, 3.05) is 0 Å². The normalized spacial score (nSPS) is 14.9. The molecule has 0 atom stereocenters. The number of fused-ring (bicyclic) bond motifs is 1. The fourth-order valence-electron chi connectivity index (χ4n) is 1.51. The topological polar surface area (TPSA) is 0 Å². The zero-order valence-corrected chi connectivity index (χ0v) is 7.79. The Bertz CT molecular complexity index is 305. The molecular formula is C10H12S. The minimum atomic E-state index is 1.19. The van der Waals surface area contributed by atoms with Crippen LogP contribution < -0.4 is 0 Å². The monoisotopic (exact) mass is 164 g/mol. The molecule has 1 heteroatoms. The molecule has 11 heavy (non-hydrogen) atoms. The van der Waals surface area contributed by atoms with Gasteiger partial charge in [-0.15, -0.1) is 11.3 Å². The summed E-state index contributed by atoms with van der Waals surface area (Å²) in [5.74, 6) is 0. The van der Waals surface area contributed by atoms with Gasteiger partial charge in [0.1, 0.15) is 0 Å². The van der Waals surface area contributed by atoms with Crippen molar-refractivity contribution in [2.24, 2.45) is 0 Å². The highest BCUT2D eigenvalue weighted by Gasteiger charge is 2.12. The molecule has 0 spiro atoms. The fourth-order valence-corrected chi connectivity index (χ4v) is 2.66. The summed E-state index contributed by atoms with van der Waals surface area (Å²) in [5, 5.41) is 0. The molecule has 1 aliphatic carbocycles. The molecule has 0 radical (unpaired) electrons. The lowest BCUT2D eigenvalue weighted by Crippen LogP contribution is -1.76. The summed E-state index contributed by atoms with van der Waals surface area (Å²) in [5.41, 5.74) is 3.05. The van der Waals surface area contributed by atoms with Crippen LogP contribution in [0.4, 0.5) is 0 Å². The Kier molecular flexibility index (Phi) is 1.61. The molecule has 0 amide bonds. The highest BCUT2D eigenvalue weighted by atomic mass is 32.1. The van der Waals surface area contributed by atoms with Gasteiger partial charge in [0.2, 0.25) is 0 Å². The van der Waals surface area contributed by atoms with E-state index in [9.17, 15) is 0 Å². The van der Waals surface area contributed by atoms with Gasteiger partial charge in [0, 0.05) is 9.75 Å². The van der Waals surface area contributed by atoms with Crippen molar-refractivity contribution in [3.63, 3.8) is 0 Å². The minimum Gasteiger partial charge on any atom is -0.141 e. The average Bonchev–Trinajstić information content (AvgIpc) is 2.43. The van der Waals surface area contributed by atoms with E-state index >= 15 is 0 Å². The van der Waals surface area contributed by atoms with Crippen LogP contribution in [-0.4, -0.2) is 0 Å². The maximum Gasteiger partial charge on any atom is 0.0308 e. The lowest BCUT2D eigenvalue weighted by molar-refractivity contribution is 1.16. The lowest BCUT2D eigenvalue weighted by Gasteiger charge is -1.88. The fraction of sp³-hybridized carbons (Fsp3) is 0.400. The zero-order chi connectivity index (χ0) is 7.84. The van der Waals surface area contributed by atoms with E-state index in [1.54, 1.807) is 5.56 Å². The van der Waals surface area contributed by atoms with Crippen molar-refractivity contribution in [3.05, 3.63) is 27.0 Å². The van der Waals surface area contributed by atoms with Crippen LogP contribution in [0.15, 0.2) is 11.6 Å². The summed E-state index contributed by atoms with van der Waals surface area (Å²) in [7, 11) is 0. The van der Waals surface area contributed by atoms with Gasteiger partial charge in [0.05, 0.1) is 0 Å². The summed E-state index contributed by atoms with van der Waals surface area (Å²) >= 11 is 1.95. The molecule has 1 aliphatic rings. The molecule has 1 aromatic rings. The first-order valence-electron chi connectivity index (χ1n) is 4.08. The molecule has 2 rings (SSSR count). The van der Waals surface area contributed by atoms with Gasteiger partial charge in [0.25, 0.3) is 0 Å². The van der Waals surface area contributed by atoms with Gasteiger partial charge in [-0.3, -0.25) is 0 Å². The predicted molar refractivity (Wildman–Crippen MR) is 51.1 cm³/mol. The highest BCUT2D eigenvalue weighted by molar-refractivity contribution is 7.13. The number of hydrogen-bond donors (Lipinski definition) is 0. The second-order valence-electron chi connectivity index (χ2n) is 3.12. The van der Waals surface area contributed by atoms with Gasteiger partial charge < -0.3 is 0 Å². The number of aryl methyl sites for hydroxylation is 1. The van der Waals surface area contributed by atoms with Crippen molar-refractivity contribution in [2.45, 2.75) is 26.7 Å². The third-order valence-electron chi connectivity index (χ3n) is 2.09. The van der Waals surface area contributed by atoms with Crippen LogP contribution in [0.2, 0.25) is 0 Å². The van der Waals surface area contributed by atoms with E-state index in [-0.39, 0.29) is 0 Å². The summed E-state index contributed by atoms with van der Waals surface area (Å²) in [6, 6.07) is 2.35. The molecule has 1 heterocycles. The second kappa shape index (κ2) is 2.49. The molecule has 58 valence electrons. The summed E-state index contributed by atoms with van der Waals surface area (Å²) in [6.45, 7) is 4.43. The van der Waals surface area contributed by atoms with E-state index in [0.29, 0.717) is 0 Å². The van der Waals surface area contributed by atoms with Crippen LogP contribution in [0.25, 0.3) is 6.08 Å². The molecule has 0 nitrogen and oxygen atoms in total. The third kappa shape index (κ3) is 1.14. The molecule has 0 unspecified atom stereocenters. The minimum absolute atomic E-state index is 1.19. The molecule has 0 saturated heterocycles. The third-order valence-corrected chi connectivity index (χ3v) is 3.36. The Morgan fingerprint density at radius 3 is 3.00 bits per heavy atom. The van der Waals surface area contributed by atoms with Crippen LogP contribution >= 0.6 is 11.3 Å². The van der Waals surface area contributed by atoms with E-state index in [1.165, 1.54) is 28.2 Å². The molecule has 0 aromatic carbocycles. The smallest absolute Gasteiger partial charge is 0.0308 e. The maximum atomic E-state index is 2.35. The Labute approximate surface area is 71.6 Å². The van der Waals surface area contributed by atoms with E-state index in [2.05, 4.69) is 26.0 Å². The molecule has 0 saturated carbocycles. The Hall–Kier alpha value is -0.560. The molecule has 1 aromatic heterocycles. The summed E-state index contributed by atoms with van der Waals surface area (Å²) in [6.07, 6.45) is 4.69. The Morgan fingerprint density at radius 2 is 2.36 bits per heavy atom. The van der Waals surface area contributed by atoms with E-state index < -0.39 is 0 Å². The van der Waals surface area contributed by atoms with E-state index in [0.717, 1.165) is 0 Å². The SMILES string of the molecule is CCc1cc2c(s1)C=C(C)C2. The molecule has 0 fully saturated rings. The molecular weight excluding hydrogens is 152 g/mol. The first-order chi connectivity index (χ1) is 5.29. The van der Waals surface area contributed by atoms with Gasteiger partial charge in [-0.25, -0.2) is 0 Å². The van der Waals surface area contributed by atoms with Gasteiger partial charge in [-0.2, -0.15) is 0 Å². The van der Waals surface area contributed by atoms with E-state index in [1.807, 2.05) is 11.3 Å². The predicted octanol–water partition coefficient (Wildman–Crippen LogP) is 3.27. The molecule has 0 aliphatic heterocycles. The first kappa shape index (κ1) is 7.11. The van der Waals surface area contributed by atoms with Crippen molar-refractivity contribution in [1.82, 2.24) is 0 Å². The zero-order valence-electron chi connectivity index (χ0n) is 6.98. The molecule has 0 bridgehead atoms. The van der Waals surface area contributed by atoms with Crippen molar-refractivity contribution < 1.29 is 0 Å². The van der Waals surface area contributed by atoms with Crippen LogP contribution in [0.1, 0.15) is 29.2 Å². The van der Waals surface area contributed by atoms with Crippen molar-refractivity contribution in [1.29, 1.82) is 0 Å². The van der Waals surface area contributed by atoms with Crippen LogP contribution in [-0.2, 0) is 12.8 Å². The van der Waals surface area contributed by atoms with Crippen LogP contribution in [0.3, 0.4) is 0 Å². The number of allylic oxidation sites excluding steroid dienone is 1. The van der Waals surface area contributed by atoms with Gasteiger partial charge in [0.15, 0.2) is 0 Å². The van der Waals surface area contributed by atoms with Crippen molar-refractivity contribution in [3.8, 4) is 0 Å². The van der Waals surface area contributed by atoms with Crippen molar-refractivity contribution >= 4 is 17.4 Å². The average molecular weight is 164 g/mol. The Balaban J connectivity index is 2.41. The Morgan fingerprint density at radius 1 is 1.55 bits per heavy atom. The van der Waals surface area contributed by atoms with Gasteiger partial charge in [-0.05, 0) is 37.5 Å². The summed E-state index contributed by atoms with van der Waals surface area (Å²) in [4.78, 5) is 3.03. The van der Waals surface area contributed by atoms with E-state index in [4.69, 9.17) is 0 Å². The summed E-state index contributed by atoms with van der Waals surface area (Å²) < 4.78 is 0. The van der Waals surface area contributed by atoms with Crippen LogP contribution in [0, 0.1) is 0 Å². The van der Waals surface area contributed by atoms with Gasteiger partial charge in [-0.1, -0.05) is 12.5 Å². The number of hydrogen-bond acceptors (Lipinski definition) is 1. The highest BCUT2D eigenvalue weighted by Crippen LogP contribution is 2.32. The quantitative estimate of drug-likeness (QED) is 0.597. The number of rotatable bonds is 1. The van der Waals surface area contributed by atoms with Gasteiger partial charge >= 0.3 is 0 Å². The standard InChI is InChI=1S/C10H12S/c1-3-9-6-8-4-7(2)5-10(8)11-9/h5-6H,3-4H2,1-2H3. The number of thiophene rings is 1. The largest absolute Gasteiger partial charge is 0.141 e. The maximum absolute atomic E-state index is 2.35. The first-order valence-corrected chi connectivity index (χ1v) is 4.90. The lowest BCUT2D eigenvalue weighted by atomic mass is 10.2.